The third-order valence-corrected chi connectivity index (χ3v) is 4.65. The van der Waals surface area contributed by atoms with Crippen molar-refractivity contribution < 1.29 is 33.7 Å². The van der Waals surface area contributed by atoms with Crippen LogP contribution in [-0.4, -0.2) is 53.5 Å². The van der Waals surface area contributed by atoms with Gasteiger partial charge in [-0.15, -0.1) is 0 Å². The maximum atomic E-state index is 12.1. The summed E-state index contributed by atoms with van der Waals surface area (Å²) in [6.45, 7) is -0.927. The van der Waals surface area contributed by atoms with Gasteiger partial charge in [0.15, 0.2) is 6.10 Å². The molecular weight excluding hydrogens is 429 g/mol. The fourth-order valence-electron chi connectivity index (χ4n) is 2.88. The van der Waals surface area contributed by atoms with Gasteiger partial charge in [0.25, 0.3) is 0 Å². The Morgan fingerprint density at radius 2 is 1.81 bits per heavy atom. The minimum atomic E-state index is -1.72. The molecule has 0 unspecified atom stereocenters. The molecule has 0 fully saturated rings. The zero-order chi connectivity index (χ0) is 22.8. The molecule has 3 N–H and O–H groups in total. The molecule has 1 amide bonds. The number of alkyl halides is 1. The minimum Gasteiger partial charge on any atom is -0.479 e. The normalized spacial score (nSPS) is 12.6. The first-order chi connectivity index (χ1) is 14.8. The van der Waals surface area contributed by atoms with Gasteiger partial charge in [0.05, 0.1) is 13.3 Å². The number of hydrogen-bond acceptors (Lipinski definition) is 5. The molecule has 9 heteroatoms. The highest BCUT2D eigenvalue weighted by Gasteiger charge is 2.25. The van der Waals surface area contributed by atoms with E-state index in [1.54, 1.807) is 18.2 Å². The van der Waals surface area contributed by atoms with Gasteiger partial charge in [0.1, 0.15) is 0 Å². The van der Waals surface area contributed by atoms with Crippen molar-refractivity contribution in [3.05, 3.63) is 59.1 Å². The number of aliphatic hydroxyl groups is 1. The van der Waals surface area contributed by atoms with Crippen LogP contribution in [-0.2, 0) is 25.5 Å². The van der Waals surface area contributed by atoms with Crippen molar-refractivity contribution in [2.75, 3.05) is 13.3 Å². The number of amides is 1. The fourth-order valence-corrected chi connectivity index (χ4v) is 3.07. The fraction of sp³-hybridized carbons (Fsp3) is 0.318. The second kappa shape index (κ2) is 12.0. The van der Waals surface area contributed by atoms with Crippen molar-refractivity contribution in [1.29, 1.82) is 0 Å². The Bertz CT molecular complexity index is 905. The zero-order valence-corrected chi connectivity index (χ0v) is 17.3. The first-order valence-electron chi connectivity index (χ1n) is 9.59. The van der Waals surface area contributed by atoms with E-state index in [-0.39, 0.29) is 25.9 Å². The van der Waals surface area contributed by atoms with Crippen LogP contribution >= 0.6 is 11.6 Å². The van der Waals surface area contributed by atoms with E-state index in [1.807, 2.05) is 30.3 Å². The number of benzene rings is 2. The van der Waals surface area contributed by atoms with Gasteiger partial charge in [-0.25, -0.2) is 9.59 Å². The van der Waals surface area contributed by atoms with Crippen LogP contribution < -0.4 is 5.32 Å². The maximum absolute atomic E-state index is 12.1. The van der Waals surface area contributed by atoms with Gasteiger partial charge < -0.3 is 20.3 Å². The Kier molecular flexibility index (Phi) is 9.42. The van der Waals surface area contributed by atoms with E-state index in [1.165, 1.54) is 0 Å². The van der Waals surface area contributed by atoms with Gasteiger partial charge in [0.2, 0.25) is 0 Å². The van der Waals surface area contributed by atoms with Gasteiger partial charge in [-0.1, -0.05) is 48.0 Å². The summed E-state index contributed by atoms with van der Waals surface area (Å²) in [5.41, 5.74) is 2.58. The summed E-state index contributed by atoms with van der Waals surface area (Å²) >= 11 is 6.01. The van der Waals surface area contributed by atoms with Gasteiger partial charge >= 0.3 is 17.8 Å². The third-order valence-electron chi connectivity index (χ3n) is 4.42. The minimum absolute atomic E-state index is 0.0286. The number of rotatable bonds is 10. The number of halogens is 2. The highest BCUT2D eigenvalue weighted by atomic mass is 35.5. The lowest BCUT2D eigenvalue weighted by atomic mass is 9.98. The quantitative estimate of drug-likeness (QED) is 0.291. The standard InChI is InChI=1S/C22H23ClFNO6/c23-17-4-1-3-16(12-17)15-7-5-14(6-8-15)11-18(13-19(26)21(28)29)25-20(27)22(30)31-10-2-9-24/h1,3-8,12,18-19,26H,2,9-11,13H2,(H,25,27)(H,28,29)/t18-,19-/m1/s1. The maximum Gasteiger partial charge on any atom is 0.396 e. The van der Waals surface area contributed by atoms with E-state index in [2.05, 4.69) is 10.1 Å². The Morgan fingerprint density at radius 1 is 1.10 bits per heavy atom. The lowest BCUT2D eigenvalue weighted by Crippen LogP contribution is -2.44. The molecule has 2 rings (SSSR count). The highest BCUT2D eigenvalue weighted by Crippen LogP contribution is 2.23. The van der Waals surface area contributed by atoms with Crippen molar-refractivity contribution in [2.45, 2.75) is 31.4 Å². The first kappa shape index (κ1) is 24.3. The van der Waals surface area contributed by atoms with Gasteiger partial charge in [-0.05, 0) is 35.2 Å². The van der Waals surface area contributed by atoms with E-state index >= 15 is 0 Å². The largest absolute Gasteiger partial charge is 0.479 e. The molecule has 0 saturated heterocycles. The molecule has 0 aliphatic heterocycles. The number of carboxylic acid groups (broad SMARTS) is 1. The number of ether oxygens (including phenoxy) is 1. The van der Waals surface area contributed by atoms with E-state index in [0.29, 0.717) is 5.02 Å². The number of carbonyl (C=O) groups excluding carboxylic acids is 2. The number of aliphatic carboxylic acids is 1. The van der Waals surface area contributed by atoms with Crippen molar-refractivity contribution in [1.82, 2.24) is 5.32 Å². The molecular formula is C22H23ClFNO6. The molecule has 0 saturated carbocycles. The summed E-state index contributed by atoms with van der Waals surface area (Å²) < 4.78 is 16.7. The van der Waals surface area contributed by atoms with Gasteiger partial charge in [0, 0.05) is 23.9 Å². The summed E-state index contributed by atoms with van der Waals surface area (Å²) in [5.74, 6) is -3.72. The Morgan fingerprint density at radius 3 is 2.42 bits per heavy atom. The average Bonchev–Trinajstić information content (AvgIpc) is 2.74. The van der Waals surface area contributed by atoms with Crippen LogP contribution in [0.5, 0.6) is 0 Å². The van der Waals surface area contributed by atoms with E-state index in [9.17, 15) is 23.9 Å². The van der Waals surface area contributed by atoms with E-state index in [4.69, 9.17) is 16.7 Å². The summed E-state index contributed by atoms with van der Waals surface area (Å²) in [5, 5.41) is 21.7. The number of carbonyl (C=O) groups is 3. The second-order valence-electron chi connectivity index (χ2n) is 6.85. The Hall–Kier alpha value is -2.97. The van der Waals surface area contributed by atoms with Crippen LogP contribution in [0.15, 0.2) is 48.5 Å². The SMILES string of the molecule is O=C(N[C@H](Cc1ccc(-c2cccc(Cl)c2)cc1)C[C@@H](O)C(=O)O)C(=O)OCCCF. The average molecular weight is 452 g/mol. The lowest BCUT2D eigenvalue weighted by molar-refractivity contribution is -0.155. The smallest absolute Gasteiger partial charge is 0.396 e. The highest BCUT2D eigenvalue weighted by molar-refractivity contribution is 6.32. The molecule has 166 valence electrons. The van der Waals surface area contributed by atoms with Crippen LogP contribution in [0.2, 0.25) is 5.02 Å². The molecule has 0 radical (unpaired) electrons. The molecule has 0 aliphatic rings. The second-order valence-corrected chi connectivity index (χ2v) is 7.29. The van der Waals surface area contributed by atoms with Gasteiger partial charge in [-0.2, -0.15) is 0 Å². The molecule has 0 bridgehead atoms. The molecule has 7 nitrogen and oxygen atoms in total. The van der Waals surface area contributed by atoms with Crippen LogP contribution in [0.3, 0.4) is 0 Å². The molecule has 0 spiro atoms. The van der Waals surface area contributed by atoms with Crippen LogP contribution in [0.1, 0.15) is 18.4 Å². The van der Waals surface area contributed by atoms with Crippen molar-refractivity contribution >= 4 is 29.4 Å². The summed E-state index contributed by atoms with van der Waals surface area (Å²) in [4.78, 5) is 34.8. The zero-order valence-electron chi connectivity index (χ0n) is 16.6. The molecule has 2 atom stereocenters. The topological polar surface area (TPSA) is 113 Å². The summed E-state index contributed by atoms with van der Waals surface area (Å²) in [6.07, 6.45) is -1.89. The summed E-state index contributed by atoms with van der Waals surface area (Å²) in [6, 6.07) is 13.8. The van der Waals surface area contributed by atoms with Crippen molar-refractivity contribution in [3.8, 4) is 11.1 Å². The van der Waals surface area contributed by atoms with Crippen LogP contribution in [0.25, 0.3) is 11.1 Å². The monoisotopic (exact) mass is 451 g/mol. The van der Waals surface area contributed by atoms with E-state index in [0.717, 1.165) is 16.7 Å². The Labute approximate surface area is 183 Å². The first-order valence-corrected chi connectivity index (χ1v) is 9.97. The van der Waals surface area contributed by atoms with Crippen LogP contribution in [0.4, 0.5) is 4.39 Å². The number of esters is 1. The lowest BCUT2D eigenvalue weighted by Gasteiger charge is -2.20. The van der Waals surface area contributed by atoms with Gasteiger partial charge in [-0.3, -0.25) is 9.18 Å². The van der Waals surface area contributed by atoms with E-state index < -0.39 is 36.7 Å². The number of hydrogen-bond donors (Lipinski definition) is 3. The van der Waals surface area contributed by atoms with Crippen molar-refractivity contribution in [2.24, 2.45) is 0 Å². The summed E-state index contributed by atoms with van der Waals surface area (Å²) in [7, 11) is 0. The Balaban J connectivity index is 2.08. The van der Waals surface area contributed by atoms with Crippen LogP contribution in [0, 0.1) is 0 Å². The predicted molar refractivity (Wildman–Crippen MR) is 112 cm³/mol. The molecule has 0 aliphatic carbocycles. The molecule has 0 aromatic heterocycles. The molecule has 31 heavy (non-hydrogen) atoms. The number of aliphatic hydroxyl groups excluding tert-OH is 1. The molecule has 2 aromatic rings. The molecule has 2 aromatic carbocycles. The molecule has 0 heterocycles. The van der Waals surface area contributed by atoms with Crippen molar-refractivity contribution in [3.63, 3.8) is 0 Å². The number of carboxylic acids is 1. The predicted octanol–water partition coefficient (Wildman–Crippen LogP) is 2.77. The number of nitrogens with one attached hydrogen (secondary N) is 1. The third kappa shape index (κ3) is 7.99.